The third-order valence-corrected chi connectivity index (χ3v) is 3.00. The van der Waals surface area contributed by atoms with Gasteiger partial charge in [0.15, 0.2) is 0 Å². The molecule has 0 unspecified atom stereocenters. The van der Waals surface area contributed by atoms with Gasteiger partial charge in [-0.2, -0.15) is 0 Å². The van der Waals surface area contributed by atoms with Crippen molar-refractivity contribution < 1.29 is 14.7 Å². The molecule has 0 bridgehead atoms. The van der Waals surface area contributed by atoms with Crippen LogP contribution >= 0.6 is 0 Å². The lowest BCUT2D eigenvalue weighted by molar-refractivity contribution is -0.145. The molecule has 3 N–H and O–H groups in total. The maximum Gasteiger partial charge on any atom is 0.329 e. The lowest BCUT2D eigenvalue weighted by Gasteiger charge is -2.33. The first-order chi connectivity index (χ1) is 7.60. The van der Waals surface area contributed by atoms with Crippen LogP contribution in [-0.4, -0.2) is 29.2 Å². The van der Waals surface area contributed by atoms with Crippen LogP contribution in [0.25, 0.3) is 0 Å². The van der Waals surface area contributed by atoms with Gasteiger partial charge in [-0.25, -0.2) is 9.59 Å². The van der Waals surface area contributed by atoms with E-state index in [1.807, 2.05) is 6.92 Å². The average molecular weight is 228 g/mol. The Morgan fingerprint density at radius 2 is 1.88 bits per heavy atom. The topological polar surface area (TPSA) is 78.4 Å². The second kappa shape index (κ2) is 5.72. The molecular formula is C11H20N2O3. The second-order valence-corrected chi connectivity index (χ2v) is 4.33. The van der Waals surface area contributed by atoms with Gasteiger partial charge < -0.3 is 15.7 Å². The molecule has 0 spiro atoms. The van der Waals surface area contributed by atoms with E-state index in [1.54, 1.807) is 0 Å². The van der Waals surface area contributed by atoms with Crippen molar-refractivity contribution in [1.29, 1.82) is 0 Å². The molecule has 5 heteroatoms. The van der Waals surface area contributed by atoms with Gasteiger partial charge >= 0.3 is 12.0 Å². The van der Waals surface area contributed by atoms with Gasteiger partial charge in [-0.3, -0.25) is 0 Å². The van der Waals surface area contributed by atoms with Crippen LogP contribution in [0, 0.1) is 0 Å². The number of amides is 2. The van der Waals surface area contributed by atoms with E-state index in [0.717, 1.165) is 25.7 Å². The largest absolute Gasteiger partial charge is 0.480 e. The maximum atomic E-state index is 11.5. The Labute approximate surface area is 95.6 Å². The number of urea groups is 1. The number of aliphatic carboxylic acids is 1. The monoisotopic (exact) mass is 228 g/mol. The number of hydrogen-bond donors (Lipinski definition) is 3. The van der Waals surface area contributed by atoms with E-state index in [2.05, 4.69) is 10.6 Å². The summed E-state index contributed by atoms with van der Waals surface area (Å²) in [6.45, 7) is 2.52. The standard InChI is InChI=1S/C11H20N2O3/c1-2-8-12-10(16)13-11(9(14)15)6-4-3-5-7-11/h2-8H2,1H3,(H,14,15)(H2,12,13,16). The first-order valence-corrected chi connectivity index (χ1v) is 5.90. The fourth-order valence-corrected chi connectivity index (χ4v) is 2.05. The third kappa shape index (κ3) is 3.12. The van der Waals surface area contributed by atoms with E-state index >= 15 is 0 Å². The molecular weight excluding hydrogens is 208 g/mol. The highest BCUT2D eigenvalue weighted by Crippen LogP contribution is 2.28. The average Bonchev–Trinajstić information content (AvgIpc) is 2.27. The zero-order valence-electron chi connectivity index (χ0n) is 9.71. The first-order valence-electron chi connectivity index (χ1n) is 5.90. The summed E-state index contributed by atoms with van der Waals surface area (Å²) in [5.74, 6) is -0.918. The van der Waals surface area contributed by atoms with Crippen LogP contribution in [-0.2, 0) is 4.79 Å². The van der Waals surface area contributed by atoms with Crippen LogP contribution in [0.5, 0.6) is 0 Å². The minimum absolute atomic E-state index is 0.369. The molecule has 1 rings (SSSR count). The number of nitrogens with one attached hydrogen (secondary N) is 2. The Morgan fingerprint density at radius 1 is 1.25 bits per heavy atom. The molecule has 0 aromatic rings. The van der Waals surface area contributed by atoms with Crippen LogP contribution in [0.1, 0.15) is 45.4 Å². The van der Waals surface area contributed by atoms with E-state index in [1.165, 1.54) is 0 Å². The van der Waals surface area contributed by atoms with E-state index in [4.69, 9.17) is 0 Å². The normalized spacial score (nSPS) is 18.8. The molecule has 0 heterocycles. The molecule has 0 aromatic carbocycles. The van der Waals surface area contributed by atoms with Gasteiger partial charge in [-0.05, 0) is 19.3 Å². The fraction of sp³-hybridized carbons (Fsp3) is 0.818. The highest BCUT2D eigenvalue weighted by Gasteiger charge is 2.40. The molecule has 0 aliphatic heterocycles. The van der Waals surface area contributed by atoms with Crippen LogP contribution in [0.15, 0.2) is 0 Å². The molecule has 2 amide bonds. The van der Waals surface area contributed by atoms with Crippen LogP contribution < -0.4 is 10.6 Å². The highest BCUT2D eigenvalue weighted by molar-refractivity contribution is 5.86. The van der Waals surface area contributed by atoms with Gasteiger partial charge in [0.25, 0.3) is 0 Å². The van der Waals surface area contributed by atoms with Gasteiger partial charge in [-0.1, -0.05) is 26.2 Å². The Balaban J connectivity index is 2.56. The third-order valence-electron chi connectivity index (χ3n) is 3.00. The number of carboxylic acid groups (broad SMARTS) is 1. The molecule has 1 aliphatic rings. The van der Waals surface area contributed by atoms with Gasteiger partial charge in [0, 0.05) is 6.54 Å². The Kier molecular flexibility index (Phi) is 4.58. The van der Waals surface area contributed by atoms with E-state index < -0.39 is 11.5 Å². The zero-order valence-corrected chi connectivity index (χ0v) is 9.71. The van der Waals surface area contributed by atoms with Crippen molar-refractivity contribution in [1.82, 2.24) is 10.6 Å². The van der Waals surface area contributed by atoms with Gasteiger partial charge in [0.2, 0.25) is 0 Å². The molecule has 1 saturated carbocycles. The quantitative estimate of drug-likeness (QED) is 0.682. The highest BCUT2D eigenvalue weighted by atomic mass is 16.4. The zero-order chi connectivity index (χ0) is 12.0. The summed E-state index contributed by atoms with van der Waals surface area (Å²) in [6.07, 6.45) is 4.67. The lowest BCUT2D eigenvalue weighted by Crippen LogP contribution is -2.58. The summed E-state index contributed by atoms with van der Waals surface area (Å²) in [5, 5.41) is 14.5. The summed E-state index contributed by atoms with van der Waals surface area (Å²) < 4.78 is 0. The molecule has 0 radical (unpaired) electrons. The second-order valence-electron chi connectivity index (χ2n) is 4.33. The number of rotatable bonds is 4. The molecule has 1 aliphatic carbocycles. The van der Waals surface area contributed by atoms with Gasteiger partial charge in [0.1, 0.15) is 5.54 Å². The van der Waals surface area contributed by atoms with E-state index in [-0.39, 0.29) is 6.03 Å². The predicted octanol–water partition coefficient (Wildman–Crippen LogP) is 1.48. The summed E-state index contributed by atoms with van der Waals surface area (Å²) in [4.78, 5) is 22.7. The first kappa shape index (κ1) is 12.8. The summed E-state index contributed by atoms with van der Waals surface area (Å²) in [7, 11) is 0. The Hall–Kier alpha value is -1.26. The van der Waals surface area contributed by atoms with Crippen LogP contribution in [0.4, 0.5) is 4.79 Å². The van der Waals surface area contributed by atoms with E-state index in [0.29, 0.717) is 19.4 Å². The predicted molar refractivity (Wildman–Crippen MR) is 60.3 cm³/mol. The van der Waals surface area contributed by atoms with Crippen LogP contribution in [0.3, 0.4) is 0 Å². The molecule has 16 heavy (non-hydrogen) atoms. The Morgan fingerprint density at radius 3 is 2.38 bits per heavy atom. The smallest absolute Gasteiger partial charge is 0.329 e. The summed E-state index contributed by atoms with van der Waals surface area (Å²) in [6, 6.07) is -0.369. The number of carboxylic acids is 1. The van der Waals surface area contributed by atoms with E-state index in [9.17, 15) is 14.7 Å². The molecule has 0 saturated heterocycles. The lowest BCUT2D eigenvalue weighted by atomic mass is 9.82. The van der Waals surface area contributed by atoms with Crippen molar-refractivity contribution in [3.63, 3.8) is 0 Å². The SMILES string of the molecule is CCCNC(=O)NC1(C(=O)O)CCCCC1. The maximum absolute atomic E-state index is 11.5. The molecule has 92 valence electrons. The van der Waals surface area contributed by atoms with Crippen molar-refractivity contribution >= 4 is 12.0 Å². The minimum atomic E-state index is -1.05. The minimum Gasteiger partial charge on any atom is -0.480 e. The van der Waals surface area contributed by atoms with Crippen LogP contribution in [0.2, 0.25) is 0 Å². The van der Waals surface area contributed by atoms with Gasteiger partial charge in [0.05, 0.1) is 0 Å². The number of carbonyl (C=O) groups excluding carboxylic acids is 1. The molecule has 5 nitrogen and oxygen atoms in total. The van der Waals surface area contributed by atoms with Crippen molar-refractivity contribution in [2.24, 2.45) is 0 Å². The van der Waals surface area contributed by atoms with Crippen molar-refractivity contribution in [2.45, 2.75) is 51.0 Å². The van der Waals surface area contributed by atoms with Crippen molar-refractivity contribution in [2.75, 3.05) is 6.54 Å². The summed E-state index contributed by atoms with van der Waals surface area (Å²) >= 11 is 0. The van der Waals surface area contributed by atoms with Crippen molar-refractivity contribution in [3.8, 4) is 0 Å². The Bertz CT molecular complexity index is 260. The fourth-order valence-electron chi connectivity index (χ4n) is 2.05. The number of carbonyl (C=O) groups is 2. The van der Waals surface area contributed by atoms with Crippen molar-refractivity contribution in [3.05, 3.63) is 0 Å². The molecule has 0 aromatic heterocycles. The van der Waals surface area contributed by atoms with Gasteiger partial charge in [-0.15, -0.1) is 0 Å². The summed E-state index contributed by atoms with van der Waals surface area (Å²) in [5.41, 5.74) is -1.05. The molecule has 0 atom stereocenters. The molecule has 1 fully saturated rings. The number of hydrogen-bond acceptors (Lipinski definition) is 2.